The molecule has 2 heterocycles. The number of thiophene rings is 1. The lowest BCUT2D eigenvalue weighted by Crippen LogP contribution is -1.98. The molecule has 0 fully saturated rings. The van der Waals surface area contributed by atoms with Crippen molar-refractivity contribution in [1.29, 1.82) is 0 Å². The molecule has 0 bridgehead atoms. The smallest absolute Gasteiger partial charge is 0.143 e. The highest BCUT2D eigenvalue weighted by molar-refractivity contribution is 7.17. The summed E-state index contributed by atoms with van der Waals surface area (Å²) in [6.45, 7) is 4.25. The monoisotopic (exact) mass is 361 g/mol. The summed E-state index contributed by atoms with van der Waals surface area (Å²) < 4.78 is 5.45. The Morgan fingerprint density at radius 2 is 1.85 bits per heavy atom. The molecular formula is C21H19N3OS. The molecule has 4 rings (SSSR count). The number of rotatable bonds is 4. The Morgan fingerprint density at radius 3 is 2.65 bits per heavy atom. The van der Waals surface area contributed by atoms with Crippen LogP contribution in [0.25, 0.3) is 21.3 Å². The Kier molecular flexibility index (Phi) is 4.31. The Labute approximate surface area is 156 Å². The van der Waals surface area contributed by atoms with Gasteiger partial charge >= 0.3 is 0 Å². The number of aryl methyl sites for hydroxylation is 2. The van der Waals surface area contributed by atoms with Crippen LogP contribution in [-0.4, -0.2) is 17.1 Å². The van der Waals surface area contributed by atoms with Crippen molar-refractivity contribution in [3.8, 4) is 16.9 Å². The molecule has 130 valence electrons. The van der Waals surface area contributed by atoms with Crippen molar-refractivity contribution in [2.45, 2.75) is 13.8 Å². The summed E-state index contributed by atoms with van der Waals surface area (Å²) >= 11 is 1.63. The predicted octanol–water partition coefficient (Wildman–Crippen LogP) is 5.73. The summed E-state index contributed by atoms with van der Waals surface area (Å²) in [6, 6.07) is 14.4. The summed E-state index contributed by atoms with van der Waals surface area (Å²) in [7, 11) is 1.67. The lowest BCUT2D eigenvalue weighted by molar-refractivity contribution is 0.417. The van der Waals surface area contributed by atoms with Crippen molar-refractivity contribution in [3.05, 3.63) is 65.3 Å². The largest absolute Gasteiger partial charge is 0.495 e. The van der Waals surface area contributed by atoms with Crippen LogP contribution in [0.15, 0.2) is 54.2 Å². The van der Waals surface area contributed by atoms with Gasteiger partial charge in [-0.1, -0.05) is 35.9 Å². The average molecular weight is 361 g/mol. The first-order valence-electron chi connectivity index (χ1n) is 8.37. The third-order valence-electron chi connectivity index (χ3n) is 4.40. The van der Waals surface area contributed by atoms with Crippen LogP contribution < -0.4 is 10.1 Å². The molecule has 0 radical (unpaired) electrons. The average Bonchev–Trinajstić information content (AvgIpc) is 3.07. The standard InChI is InChI=1S/C21H19N3OS/c1-13-8-9-15(14(2)10-13)16-11-26-21-19(16)20(22-12-23-21)24-17-6-4-5-7-18(17)25-3/h4-12H,1-3H3,(H,22,23,24). The van der Waals surface area contributed by atoms with Crippen LogP contribution in [0, 0.1) is 13.8 Å². The molecule has 4 nitrogen and oxygen atoms in total. The van der Waals surface area contributed by atoms with Crippen molar-refractivity contribution in [3.63, 3.8) is 0 Å². The van der Waals surface area contributed by atoms with Crippen molar-refractivity contribution in [2.75, 3.05) is 12.4 Å². The van der Waals surface area contributed by atoms with Crippen LogP contribution in [-0.2, 0) is 0 Å². The Morgan fingerprint density at radius 1 is 1.00 bits per heavy atom. The normalized spacial score (nSPS) is 10.9. The number of nitrogens with zero attached hydrogens (tertiary/aromatic N) is 2. The first-order valence-corrected chi connectivity index (χ1v) is 9.25. The fourth-order valence-corrected chi connectivity index (χ4v) is 4.07. The van der Waals surface area contributed by atoms with E-state index in [1.165, 1.54) is 16.7 Å². The van der Waals surface area contributed by atoms with Gasteiger partial charge in [-0.3, -0.25) is 0 Å². The molecule has 0 saturated carbocycles. The van der Waals surface area contributed by atoms with Gasteiger partial charge in [-0.05, 0) is 37.1 Å². The summed E-state index contributed by atoms with van der Waals surface area (Å²) in [6.07, 6.45) is 1.60. The van der Waals surface area contributed by atoms with E-state index in [1.54, 1.807) is 24.8 Å². The van der Waals surface area contributed by atoms with Gasteiger partial charge in [0.15, 0.2) is 0 Å². The van der Waals surface area contributed by atoms with Crippen LogP contribution in [0.4, 0.5) is 11.5 Å². The third kappa shape index (κ3) is 2.91. The summed E-state index contributed by atoms with van der Waals surface area (Å²) in [5.74, 6) is 1.57. The van der Waals surface area contributed by atoms with Crippen LogP contribution in [0.1, 0.15) is 11.1 Å². The van der Waals surface area contributed by atoms with Crippen LogP contribution in [0.5, 0.6) is 5.75 Å². The molecule has 0 aliphatic rings. The van der Waals surface area contributed by atoms with Crippen molar-refractivity contribution < 1.29 is 4.74 Å². The quantitative estimate of drug-likeness (QED) is 0.504. The van der Waals surface area contributed by atoms with E-state index in [0.29, 0.717) is 0 Å². The molecule has 4 aromatic rings. The highest BCUT2D eigenvalue weighted by Gasteiger charge is 2.15. The van der Waals surface area contributed by atoms with Gasteiger partial charge in [0.05, 0.1) is 18.2 Å². The van der Waals surface area contributed by atoms with Crippen molar-refractivity contribution in [2.24, 2.45) is 0 Å². The molecular weight excluding hydrogens is 342 g/mol. The molecule has 5 heteroatoms. The number of para-hydroxylation sites is 2. The fourth-order valence-electron chi connectivity index (χ4n) is 3.16. The van der Waals surface area contributed by atoms with Gasteiger partial charge in [0, 0.05) is 10.9 Å². The number of hydrogen-bond donors (Lipinski definition) is 1. The predicted molar refractivity (Wildman–Crippen MR) is 109 cm³/mol. The number of benzene rings is 2. The zero-order valence-electron chi connectivity index (χ0n) is 14.9. The van der Waals surface area contributed by atoms with E-state index in [9.17, 15) is 0 Å². The Hall–Kier alpha value is -2.92. The lowest BCUT2D eigenvalue weighted by atomic mass is 9.99. The van der Waals surface area contributed by atoms with Crippen LogP contribution >= 0.6 is 11.3 Å². The van der Waals surface area contributed by atoms with Gasteiger partial charge in [0.2, 0.25) is 0 Å². The first kappa shape index (κ1) is 16.5. The fraction of sp³-hybridized carbons (Fsp3) is 0.143. The lowest BCUT2D eigenvalue weighted by Gasteiger charge is -2.12. The molecule has 0 aliphatic carbocycles. The summed E-state index contributed by atoms with van der Waals surface area (Å²) in [4.78, 5) is 9.93. The van der Waals surface area contributed by atoms with Gasteiger partial charge in [0.25, 0.3) is 0 Å². The maximum Gasteiger partial charge on any atom is 0.143 e. The van der Waals surface area contributed by atoms with Crippen molar-refractivity contribution in [1.82, 2.24) is 9.97 Å². The second-order valence-corrected chi connectivity index (χ2v) is 7.05. The van der Waals surface area contributed by atoms with E-state index in [4.69, 9.17) is 4.74 Å². The van der Waals surface area contributed by atoms with E-state index in [2.05, 4.69) is 52.7 Å². The molecule has 0 amide bonds. The molecule has 0 spiro atoms. The molecule has 26 heavy (non-hydrogen) atoms. The highest BCUT2D eigenvalue weighted by Crippen LogP contribution is 2.39. The minimum Gasteiger partial charge on any atom is -0.495 e. The van der Waals surface area contributed by atoms with Crippen molar-refractivity contribution >= 4 is 33.1 Å². The third-order valence-corrected chi connectivity index (χ3v) is 5.29. The van der Waals surface area contributed by atoms with E-state index < -0.39 is 0 Å². The van der Waals surface area contributed by atoms with Gasteiger partial charge in [-0.2, -0.15) is 0 Å². The number of ether oxygens (including phenoxy) is 1. The topological polar surface area (TPSA) is 47.0 Å². The maximum atomic E-state index is 5.45. The van der Waals surface area contributed by atoms with E-state index in [0.717, 1.165) is 33.0 Å². The molecule has 2 aromatic heterocycles. The number of hydrogen-bond acceptors (Lipinski definition) is 5. The number of fused-ring (bicyclic) bond motifs is 1. The molecule has 1 N–H and O–H groups in total. The Bertz CT molecular complexity index is 1090. The molecule has 2 aromatic carbocycles. The molecule has 0 aliphatic heterocycles. The zero-order chi connectivity index (χ0) is 18.1. The van der Waals surface area contributed by atoms with E-state index in [-0.39, 0.29) is 0 Å². The number of anilines is 2. The Balaban J connectivity index is 1.87. The molecule has 0 atom stereocenters. The second kappa shape index (κ2) is 6.77. The number of aromatic nitrogens is 2. The van der Waals surface area contributed by atoms with E-state index >= 15 is 0 Å². The van der Waals surface area contributed by atoms with Gasteiger partial charge in [-0.15, -0.1) is 11.3 Å². The van der Waals surface area contributed by atoms with Crippen LogP contribution in [0.2, 0.25) is 0 Å². The summed E-state index contributed by atoms with van der Waals surface area (Å²) in [5.41, 5.74) is 5.75. The minimum atomic E-state index is 0.780. The van der Waals surface area contributed by atoms with Gasteiger partial charge in [0.1, 0.15) is 22.7 Å². The SMILES string of the molecule is COc1ccccc1Nc1ncnc2scc(-c3ccc(C)cc3C)c12. The number of methoxy groups -OCH3 is 1. The molecule has 0 saturated heterocycles. The highest BCUT2D eigenvalue weighted by atomic mass is 32.1. The minimum absolute atomic E-state index is 0.780. The second-order valence-electron chi connectivity index (χ2n) is 6.20. The zero-order valence-corrected chi connectivity index (χ0v) is 15.7. The van der Waals surface area contributed by atoms with E-state index in [1.807, 2.05) is 24.3 Å². The molecule has 0 unspecified atom stereocenters. The maximum absolute atomic E-state index is 5.45. The van der Waals surface area contributed by atoms with Crippen LogP contribution in [0.3, 0.4) is 0 Å². The first-order chi connectivity index (χ1) is 12.7. The van der Waals surface area contributed by atoms with Gasteiger partial charge in [-0.25, -0.2) is 9.97 Å². The van der Waals surface area contributed by atoms with Gasteiger partial charge < -0.3 is 10.1 Å². The number of nitrogens with one attached hydrogen (secondary N) is 1. The summed E-state index contributed by atoms with van der Waals surface area (Å²) in [5, 5.41) is 6.62.